The maximum absolute atomic E-state index is 11.9. The molecule has 0 saturated heterocycles. The highest BCUT2D eigenvalue weighted by Gasteiger charge is 2.18. The van der Waals surface area contributed by atoms with Crippen LogP contribution in [-0.2, 0) is 32.0 Å². The molecule has 0 bridgehead atoms. The molecular weight excluding hydrogens is 316 g/mol. The fraction of sp³-hybridized carbons (Fsp3) is 0.294. The van der Waals surface area contributed by atoms with E-state index in [4.69, 9.17) is 18.6 Å². The topological polar surface area (TPSA) is 95.2 Å². The lowest BCUT2D eigenvalue weighted by Crippen LogP contribution is -2.17. The highest BCUT2D eigenvalue weighted by Crippen LogP contribution is 2.27. The number of aryl methyl sites for hydroxylation is 1. The Balaban J connectivity index is 1.89. The third-order valence-corrected chi connectivity index (χ3v) is 3.62. The van der Waals surface area contributed by atoms with Gasteiger partial charge in [-0.15, -0.1) is 0 Å². The van der Waals surface area contributed by atoms with E-state index in [1.165, 1.54) is 18.4 Å². The molecule has 24 heavy (non-hydrogen) atoms. The zero-order valence-electron chi connectivity index (χ0n) is 13.0. The van der Waals surface area contributed by atoms with Crippen LogP contribution < -0.4 is 5.63 Å². The Kier molecular flexibility index (Phi) is 4.41. The van der Waals surface area contributed by atoms with Crippen LogP contribution in [0.15, 0.2) is 39.4 Å². The molecule has 0 amide bonds. The van der Waals surface area contributed by atoms with Gasteiger partial charge in [0.1, 0.15) is 37.4 Å². The maximum atomic E-state index is 11.9. The molecule has 3 rings (SSSR count). The minimum atomic E-state index is -0.675. The van der Waals surface area contributed by atoms with E-state index in [1.54, 1.807) is 6.07 Å². The lowest BCUT2D eigenvalue weighted by Gasteiger charge is -2.14. The SMILES string of the molecule is CCc1cc2c(COC(=O)C3=COCCO3)cc(=O)oc2cc1O. The second-order valence-corrected chi connectivity index (χ2v) is 5.20. The first-order valence-corrected chi connectivity index (χ1v) is 7.49. The summed E-state index contributed by atoms with van der Waals surface area (Å²) in [6.07, 6.45) is 1.81. The fourth-order valence-corrected chi connectivity index (χ4v) is 2.40. The Labute approximate surface area is 137 Å². The van der Waals surface area contributed by atoms with Crippen LogP contribution in [0, 0.1) is 0 Å². The molecular formula is C17H16O7. The van der Waals surface area contributed by atoms with E-state index in [0.29, 0.717) is 29.5 Å². The summed E-state index contributed by atoms with van der Waals surface area (Å²) in [7, 11) is 0. The van der Waals surface area contributed by atoms with Crippen molar-refractivity contribution in [1.29, 1.82) is 0 Å². The van der Waals surface area contributed by atoms with E-state index in [-0.39, 0.29) is 30.3 Å². The van der Waals surface area contributed by atoms with Crippen LogP contribution in [0.5, 0.6) is 5.75 Å². The van der Waals surface area contributed by atoms with Gasteiger partial charge in [-0.2, -0.15) is 0 Å². The van der Waals surface area contributed by atoms with Crippen molar-refractivity contribution < 1.29 is 28.5 Å². The largest absolute Gasteiger partial charge is 0.508 e. The van der Waals surface area contributed by atoms with Crippen LogP contribution in [0.4, 0.5) is 0 Å². The molecule has 0 fully saturated rings. The van der Waals surface area contributed by atoms with Crippen molar-refractivity contribution in [2.75, 3.05) is 13.2 Å². The summed E-state index contributed by atoms with van der Waals surface area (Å²) in [6.45, 7) is 2.42. The number of hydrogen-bond acceptors (Lipinski definition) is 7. The number of carbonyl (C=O) groups excluding carboxylic acids is 1. The number of hydrogen-bond donors (Lipinski definition) is 1. The summed E-state index contributed by atoms with van der Waals surface area (Å²) >= 11 is 0. The first kappa shape index (κ1) is 15.9. The molecule has 126 valence electrons. The molecule has 7 nitrogen and oxygen atoms in total. The fourth-order valence-electron chi connectivity index (χ4n) is 2.40. The van der Waals surface area contributed by atoms with Gasteiger partial charge in [-0.1, -0.05) is 6.92 Å². The van der Waals surface area contributed by atoms with Crippen LogP contribution in [0.1, 0.15) is 18.1 Å². The number of rotatable bonds is 4. The van der Waals surface area contributed by atoms with Crippen LogP contribution in [0.2, 0.25) is 0 Å². The van der Waals surface area contributed by atoms with Crippen molar-refractivity contribution >= 4 is 16.9 Å². The molecule has 0 saturated carbocycles. The van der Waals surface area contributed by atoms with Gasteiger partial charge in [0.2, 0.25) is 5.76 Å². The lowest BCUT2D eigenvalue weighted by molar-refractivity contribution is -0.145. The maximum Gasteiger partial charge on any atom is 0.377 e. The number of ether oxygens (including phenoxy) is 3. The lowest BCUT2D eigenvalue weighted by atomic mass is 10.0. The van der Waals surface area contributed by atoms with Crippen LogP contribution in [0.3, 0.4) is 0 Å². The molecule has 0 radical (unpaired) electrons. The molecule has 0 atom stereocenters. The molecule has 1 N–H and O–H groups in total. The number of phenols is 1. The molecule has 1 aliphatic rings. The summed E-state index contributed by atoms with van der Waals surface area (Å²) in [4.78, 5) is 23.6. The minimum Gasteiger partial charge on any atom is -0.508 e. The number of esters is 1. The summed E-state index contributed by atoms with van der Waals surface area (Å²) in [5.74, 6) is -0.633. The Morgan fingerprint density at radius 3 is 2.79 bits per heavy atom. The molecule has 1 aromatic carbocycles. The molecule has 0 aliphatic carbocycles. The van der Waals surface area contributed by atoms with E-state index in [9.17, 15) is 14.7 Å². The normalized spacial score (nSPS) is 13.8. The van der Waals surface area contributed by atoms with Gasteiger partial charge in [0.25, 0.3) is 0 Å². The third kappa shape index (κ3) is 3.19. The van der Waals surface area contributed by atoms with Crippen molar-refractivity contribution in [2.45, 2.75) is 20.0 Å². The first-order chi connectivity index (χ1) is 11.6. The Hall–Kier alpha value is -2.96. The van der Waals surface area contributed by atoms with E-state index < -0.39 is 11.6 Å². The number of carbonyl (C=O) groups is 1. The number of aromatic hydroxyl groups is 1. The molecule has 0 unspecified atom stereocenters. The van der Waals surface area contributed by atoms with Crippen molar-refractivity contribution in [2.24, 2.45) is 0 Å². The van der Waals surface area contributed by atoms with Gasteiger partial charge >= 0.3 is 11.6 Å². The first-order valence-electron chi connectivity index (χ1n) is 7.49. The second kappa shape index (κ2) is 6.66. The Morgan fingerprint density at radius 1 is 1.25 bits per heavy atom. The zero-order chi connectivity index (χ0) is 17.1. The van der Waals surface area contributed by atoms with Gasteiger partial charge in [0, 0.05) is 23.1 Å². The predicted octanol–water partition coefficient (Wildman–Crippen LogP) is 1.99. The average molecular weight is 332 g/mol. The average Bonchev–Trinajstić information content (AvgIpc) is 2.59. The van der Waals surface area contributed by atoms with E-state index in [1.807, 2.05) is 6.92 Å². The minimum absolute atomic E-state index is 0.0135. The molecule has 2 aromatic rings. The van der Waals surface area contributed by atoms with E-state index in [2.05, 4.69) is 0 Å². The highest BCUT2D eigenvalue weighted by atomic mass is 16.6. The Bertz CT molecular complexity index is 863. The van der Waals surface area contributed by atoms with Crippen LogP contribution >= 0.6 is 0 Å². The molecule has 7 heteroatoms. The van der Waals surface area contributed by atoms with Gasteiger partial charge in [-0.05, 0) is 18.1 Å². The zero-order valence-corrected chi connectivity index (χ0v) is 13.0. The van der Waals surface area contributed by atoms with Crippen molar-refractivity contribution in [3.8, 4) is 5.75 Å². The van der Waals surface area contributed by atoms with E-state index in [0.717, 1.165) is 0 Å². The van der Waals surface area contributed by atoms with Crippen LogP contribution in [0.25, 0.3) is 11.0 Å². The second-order valence-electron chi connectivity index (χ2n) is 5.20. The summed E-state index contributed by atoms with van der Waals surface area (Å²) in [5.41, 5.74) is 0.839. The van der Waals surface area contributed by atoms with Gasteiger partial charge in [0.15, 0.2) is 0 Å². The summed E-state index contributed by atoms with van der Waals surface area (Å²) < 4.78 is 20.4. The standard InChI is InChI=1S/C17H16O7/c1-2-10-5-12-11(6-16(19)24-14(12)7-13(10)18)8-23-17(20)15-9-21-3-4-22-15/h5-7,9,18H,2-4,8H2,1H3. The molecule has 1 aromatic heterocycles. The quantitative estimate of drug-likeness (QED) is 0.676. The van der Waals surface area contributed by atoms with Crippen LogP contribution in [-0.4, -0.2) is 24.3 Å². The monoisotopic (exact) mass is 332 g/mol. The molecule has 1 aliphatic heterocycles. The smallest absolute Gasteiger partial charge is 0.377 e. The summed E-state index contributed by atoms with van der Waals surface area (Å²) in [6, 6.07) is 4.37. The van der Waals surface area contributed by atoms with Gasteiger partial charge in [-0.25, -0.2) is 9.59 Å². The third-order valence-electron chi connectivity index (χ3n) is 3.62. The highest BCUT2D eigenvalue weighted by molar-refractivity contribution is 5.87. The van der Waals surface area contributed by atoms with Crippen molar-refractivity contribution in [3.05, 3.63) is 51.8 Å². The molecule has 2 heterocycles. The van der Waals surface area contributed by atoms with Crippen molar-refractivity contribution in [3.63, 3.8) is 0 Å². The number of fused-ring (bicyclic) bond motifs is 1. The predicted molar refractivity (Wildman–Crippen MR) is 83.3 cm³/mol. The number of benzene rings is 1. The van der Waals surface area contributed by atoms with Gasteiger partial charge < -0.3 is 23.7 Å². The van der Waals surface area contributed by atoms with Crippen molar-refractivity contribution in [1.82, 2.24) is 0 Å². The summed E-state index contributed by atoms with van der Waals surface area (Å²) in [5, 5.41) is 10.5. The number of phenolic OH excluding ortho intramolecular Hbond substituents is 1. The molecule has 0 spiro atoms. The Morgan fingerprint density at radius 2 is 2.08 bits per heavy atom. The van der Waals surface area contributed by atoms with Gasteiger partial charge in [-0.3, -0.25) is 0 Å². The van der Waals surface area contributed by atoms with Gasteiger partial charge in [0.05, 0.1) is 0 Å². The van der Waals surface area contributed by atoms with E-state index >= 15 is 0 Å².